The van der Waals surface area contributed by atoms with E-state index in [9.17, 15) is 14.7 Å². The Morgan fingerprint density at radius 3 is 2.59 bits per heavy atom. The van der Waals surface area contributed by atoms with E-state index < -0.39 is 17.9 Å². The van der Waals surface area contributed by atoms with Gasteiger partial charge in [0.2, 0.25) is 0 Å². The Labute approximate surface area is 197 Å². The fourth-order valence-electron chi connectivity index (χ4n) is 4.25. The van der Waals surface area contributed by atoms with Crippen molar-refractivity contribution in [1.82, 2.24) is 9.38 Å². The molecule has 5 rings (SSSR count). The number of hydrogen-bond acceptors (Lipinski definition) is 4. The molecule has 0 radical (unpaired) electrons. The van der Waals surface area contributed by atoms with Crippen molar-refractivity contribution in [1.29, 1.82) is 0 Å². The summed E-state index contributed by atoms with van der Waals surface area (Å²) in [5, 5.41) is 9.77. The number of aryl methyl sites for hydroxylation is 1. The number of aromatic nitrogens is 2. The summed E-state index contributed by atoms with van der Waals surface area (Å²) in [4.78, 5) is 29.6. The van der Waals surface area contributed by atoms with Gasteiger partial charge in [0.15, 0.2) is 0 Å². The van der Waals surface area contributed by atoms with Gasteiger partial charge >= 0.3 is 11.9 Å². The van der Waals surface area contributed by atoms with Crippen LogP contribution < -0.4 is 0 Å². The van der Waals surface area contributed by atoms with E-state index >= 15 is 0 Å². The number of fused-ring (bicyclic) bond motifs is 1. The smallest absolute Gasteiger partial charge is 0.336 e. The molecule has 0 bridgehead atoms. The monoisotopic (exact) mass is 454 g/mol. The first-order valence-corrected chi connectivity index (χ1v) is 11.5. The average molecular weight is 455 g/mol. The molecule has 34 heavy (non-hydrogen) atoms. The Balaban J connectivity index is 1.35. The highest BCUT2D eigenvalue weighted by Crippen LogP contribution is 2.39. The summed E-state index contributed by atoms with van der Waals surface area (Å²) >= 11 is 0. The molecule has 0 aliphatic heterocycles. The second kappa shape index (κ2) is 8.78. The molecular formula is C28H26N2O4. The number of carbonyl (C=O) groups is 2. The van der Waals surface area contributed by atoms with Gasteiger partial charge in [-0.25, -0.2) is 9.78 Å². The highest BCUT2D eigenvalue weighted by molar-refractivity contribution is 5.96. The van der Waals surface area contributed by atoms with E-state index in [4.69, 9.17) is 9.72 Å². The molecule has 0 saturated heterocycles. The van der Waals surface area contributed by atoms with Crippen LogP contribution in [0, 0.1) is 6.92 Å². The molecule has 1 aliphatic carbocycles. The van der Waals surface area contributed by atoms with Gasteiger partial charge in [-0.3, -0.25) is 4.79 Å². The maximum Gasteiger partial charge on any atom is 0.336 e. The van der Waals surface area contributed by atoms with Gasteiger partial charge in [-0.1, -0.05) is 48.5 Å². The van der Waals surface area contributed by atoms with Crippen LogP contribution in [0.1, 0.15) is 64.5 Å². The number of esters is 1. The minimum absolute atomic E-state index is 0.119. The molecule has 6 nitrogen and oxygen atoms in total. The molecule has 172 valence electrons. The lowest BCUT2D eigenvalue weighted by Crippen LogP contribution is -2.15. The topological polar surface area (TPSA) is 80.9 Å². The first-order chi connectivity index (χ1) is 16.4. The lowest BCUT2D eigenvalue weighted by Gasteiger charge is -2.15. The van der Waals surface area contributed by atoms with Gasteiger partial charge in [-0.05, 0) is 61.1 Å². The lowest BCUT2D eigenvalue weighted by atomic mass is 9.93. The molecule has 4 aromatic rings. The summed E-state index contributed by atoms with van der Waals surface area (Å²) in [6.45, 7) is 3.88. The number of ether oxygens (including phenoxy) is 1. The molecule has 0 amide bonds. The number of pyridine rings is 1. The molecule has 2 aromatic carbocycles. The summed E-state index contributed by atoms with van der Waals surface area (Å²) < 4.78 is 7.67. The molecule has 1 N–H and O–H groups in total. The van der Waals surface area contributed by atoms with Gasteiger partial charge in [0, 0.05) is 12.1 Å². The number of benzene rings is 2. The Morgan fingerprint density at radius 2 is 1.88 bits per heavy atom. The molecule has 1 saturated carbocycles. The van der Waals surface area contributed by atoms with Gasteiger partial charge in [0.1, 0.15) is 12.3 Å². The molecule has 1 atom stereocenters. The van der Waals surface area contributed by atoms with Crippen molar-refractivity contribution in [3.8, 4) is 11.1 Å². The highest BCUT2D eigenvalue weighted by atomic mass is 16.5. The molecule has 1 fully saturated rings. The van der Waals surface area contributed by atoms with Crippen LogP contribution in [0.15, 0.2) is 66.9 Å². The Morgan fingerprint density at radius 1 is 1.12 bits per heavy atom. The fraction of sp³-hybridized carbons (Fsp3) is 0.250. The first-order valence-electron chi connectivity index (χ1n) is 11.5. The Kier molecular flexibility index (Phi) is 5.65. The summed E-state index contributed by atoms with van der Waals surface area (Å²) in [5.74, 6) is -1.50. The summed E-state index contributed by atoms with van der Waals surface area (Å²) in [6.07, 6.45) is 4.40. The lowest BCUT2D eigenvalue weighted by molar-refractivity contribution is -0.146. The summed E-state index contributed by atoms with van der Waals surface area (Å²) in [6, 6.07) is 18.4. The van der Waals surface area contributed by atoms with Crippen LogP contribution in [-0.4, -0.2) is 26.4 Å². The number of rotatable bonds is 7. The third-order valence-electron chi connectivity index (χ3n) is 6.48. The van der Waals surface area contributed by atoms with E-state index in [1.165, 1.54) is 12.8 Å². The molecule has 2 aromatic heterocycles. The second-order valence-corrected chi connectivity index (χ2v) is 8.95. The van der Waals surface area contributed by atoms with Crippen molar-refractivity contribution in [3.05, 3.63) is 94.9 Å². The van der Waals surface area contributed by atoms with E-state index in [-0.39, 0.29) is 12.2 Å². The zero-order valence-electron chi connectivity index (χ0n) is 19.2. The van der Waals surface area contributed by atoms with Crippen LogP contribution in [0.25, 0.3) is 16.8 Å². The zero-order chi connectivity index (χ0) is 23.8. The van der Waals surface area contributed by atoms with E-state index in [1.807, 2.05) is 60.0 Å². The Bertz CT molecular complexity index is 1390. The maximum atomic E-state index is 12.9. The largest absolute Gasteiger partial charge is 0.478 e. The maximum absolute atomic E-state index is 12.9. The second-order valence-electron chi connectivity index (χ2n) is 8.95. The molecule has 6 heteroatoms. The number of carboxylic acids is 1. The SMILES string of the molecule is Cc1ccc(COC(=O)C(C)c2ccc(-c3ccccc3)c(C(=O)O)c2)n2cc(C3CC3)nc12. The van der Waals surface area contributed by atoms with E-state index in [0.29, 0.717) is 17.0 Å². The highest BCUT2D eigenvalue weighted by Gasteiger charge is 2.27. The molecule has 1 aliphatic rings. The van der Waals surface area contributed by atoms with Crippen molar-refractivity contribution in [3.63, 3.8) is 0 Å². The van der Waals surface area contributed by atoms with Gasteiger partial charge < -0.3 is 14.2 Å². The fourth-order valence-corrected chi connectivity index (χ4v) is 4.25. The van der Waals surface area contributed by atoms with Gasteiger partial charge in [-0.15, -0.1) is 0 Å². The quantitative estimate of drug-likeness (QED) is 0.361. The van der Waals surface area contributed by atoms with Crippen LogP contribution in [0.3, 0.4) is 0 Å². The van der Waals surface area contributed by atoms with Gasteiger partial charge in [0.25, 0.3) is 0 Å². The predicted octanol–water partition coefficient (Wildman–Crippen LogP) is 5.73. The predicted molar refractivity (Wildman–Crippen MR) is 129 cm³/mol. The first kappa shape index (κ1) is 21.9. The van der Waals surface area contributed by atoms with Crippen molar-refractivity contribution >= 4 is 17.6 Å². The van der Waals surface area contributed by atoms with Crippen LogP contribution >= 0.6 is 0 Å². The standard InChI is InChI=1S/C28H26N2O4/c1-17-8-12-22(30-15-25(20-9-10-20)29-26(17)30)16-34-28(33)18(2)21-11-13-23(24(14-21)27(31)32)19-6-4-3-5-7-19/h3-8,11-15,18,20H,9-10,16H2,1-2H3,(H,31,32). The summed E-state index contributed by atoms with van der Waals surface area (Å²) in [7, 11) is 0. The van der Waals surface area contributed by atoms with Crippen LogP contribution in [0.5, 0.6) is 0 Å². The van der Waals surface area contributed by atoms with Crippen molar-refractivity contribution in [2.45, 2.75) is 45.1 Å². The number of hydrogen-bond donors (Lipinski definition) is 1. The summed E-state index contributed by atoms with van der Waals surface area (Å²) in [5.41, 5.74) is 6.12. The van der Waals surface area contributed by atoms with Crippen molar-refractivity contribution in [2.75, 3.05) is 0 Å². The third-order valence-corrected chi connectivity index (χ3v) is 6.48. The number of aromatic carboxylic acids is 1. The van der Waals surface area contributed by atoms with E-state index in [2.05, 4.69) is 0 Å². The molecular weight excluding hydrogens is 428 g/mol. The van der Waals surface area contributed by atoms with E-state index in [1.54, 1.807) is 25.1 Å². The number of carboxylic acid groups (broad SMARTS) is 1. The van der Waals surface area contributed by atoms with Crippen molar-refractivity contribution < 1.29 is 19.4 Å². The zero-order valence-corrected chi connectivity index (χ0v) is 19.2. The average Bonchev–Trinajstić information content (AvgIpc) is 3.61. The minimum atomic E-state index is -1.03. The molecule has 2 heterocycles. The Hall–Kier alpha value is -3.93. The normalized spacial score (nSPS) is 14.2. The minimum Gasteiger partial charge on any atom is -0.478 e. The number of carbonyl (C=O) groups excluding carboxylic acids is 1. The molecule has 1 unspecified atom stereocenters. The van der Waals surface area contributed by atoms with E-state index in [0.717, 1.165) is 28.2 Å². The number of imidazole rings is 1. The van der Waals surface area contributed by atoms with Crippen LogP contribution in [0.2, 0.25) is 0 Å². The van der Waals surface area contributed by atoms with Crippen molar-refractivity contribution in [2.24, 2.45) is 0 Å². The van der Waals surface area contributed by atoms with Crippen LogP contribution in [-0.2, 0) is 16.1 Å². The number of nitrogens with zero attached hydrogens (tertiary/aromatic N) is 2. The van der Waals surface area contributed by atoms with Gasteiger partial charge in [-0.2, -0.15) is 0 Å². The van der Waals surface area contributed by atoms with Crippen LogP contribution in [0.4, 0.5) is 0 Å². The molecule has 0 spiro atoms. The van der Waals surface area contributed by atoms with Gasteiger partial charge in [0.05, 0.1) is 22.9 Å². The third kappa shape index (κ3) is 4.19.